The first-order valence-corrected chi connectivity index (χ1v) is 4.91. The van der Waals surface area contributed by atoms with Crippen LogP contribution < -0.4 is 32.6 Å². The molecular weight excluding hydrogens is 276 g/mol. The van der Waals surface area contributed by atoms with Crippen molar-refractivity contribution in [3.05, 3.63) is 20.8 Å². The number of carbonyl (C=O) groups is 3. The van der Waals surface area contributed by atoms with Crippen molar-refractivity contribution in [1.82, 2.24) is 20.6 Å². The van der Waals surface area contributed by atoms with Crippen LogP contribution in [0.4, 0.5) is 10.5 Å². The van der Waals surface area contributed by atoms with E-state index in [1.165, 1.54) is 0 Å². The zero-order chi connectivity index (χ0) is 14.9. The summed E-state index contributed by atoms with van der Waals surface area (Å²) in [7, 11) is 0. The summed E-state index contributed by atoms with van der Waals surface area (Å²) in [5.74, 6) is 2.05. The Morgan fingerprint density at radius 1 is 0.950 bits per heavy atom. The molecule has 2 heterocycles. The second-order valence-electron chi connectivity index (χ2n) is 3.40. The molecule has 0 aliphatic carbocycles. The van der Waals surface area contributed by atoms with E-state index < -0.39 is 46.4 Å². The fraction of sp³-hybridized carbons (Fsp3) is 0. The van der Waals surface area contributed by atoms with Gasteiger partial charge < -0.3 is 4.84 Å². The van der Waals surface area contributed by atoms with E-state index in [1.54, 1.807) is 15.6 Å². The number of aliphatic imine (C=N–C) groups is 1. The van der Waals surface area contributed by atoms with E-state index in [-0.39, 0.29) is 0 Å². The Balaban J connectivity index is 2.58. The number of nitrogens with one attached hydrogen (secondary N) is 4. The number of carbonyl (C=O) groups excluding carboxylic acids is 3. The molecule has 6 N–H and O–H groups in total. The Morgan fingerprint density at radius 2 is 1.55 bits per heavy atom. The van der Waals surface area contributed by atoms with Crippen LogP contribution in [0.2, 0.25) is 0 Å². The number of hydrogen-bond donors (Lipinski definition) is 5. The Hall–Kier alpha value is -3.28. The van der Waals surface area contributed by atoms with Crippen LogP contribution in [0.25, 0.3) is 0 Å². The Kier molecular flexibility index (Phi) is 3.14. The summed E-state index contributed by atoms with van der Waals surface area (Å²) in [6, 6.07) is -1.02. The number of hydrogen-bond acceptors (Lipinski definition) is 8. The van der Waals surface area contributed by atoms with E-state index in [4.69, 9.17) is 5.90 Å². The number of nitrogens with two attached hydrogens (primary N) is 1. The maximum absolute atomic E-state index is 11.5. The molecule has 0 unspecified atom stereocenters. The molecule has 0 spiro atoms. The standard InChI is InChI=1S/C8H6N6O6/c9-20-6-2(5(17)13-8(19)14-6)10-1-3(15)11-7(18)12-4(1)16/h9H2,(H2,13,14,17,19)(H2,11,12,15,16,18). The van der Waals surface area contributed by atoms with Gasteiger partial charge >= 0.3 is 11.7 Å². The zero-order valence-electron chi connectivity index (χ0n) is 9.47. The van der Waals surface area contributed by atoms with E-state index in [1.807, 2.05) is 4.98 Å². The molecule has 0 radical (unpaired) electrons. The highest BCUT2D eigenvalue weighted by Gasteiger charge is 2.30. The van der Waals surface area contributed by atoms with Crippen molar-refractivity contribution in [3.8, 4) is 5.88 Å². The third-order valence-corrected chi connectivity index (χ3v) is 2.11. The maximum atomic E-state index is 11.5. The topological polar surface area (TPSA) is 189 Å². The van der Waals surface area contributed by atoms with Crippen molar-refractivity contribution < 1.29 is 19.2 Å². The summed E-state index contributed by atoms with van der Waals surface area (Å²) in [6.07, 6.45) is 0. The van der Waals surface area contributed by atoms with E-state index in [0.717, 1.165) is 0 Å². The average Bonchev–Trinajstić information content (AvgIpc) is 2.34. The fourth-order valence-corrected chi connectivity index (χ4v) is 1.32. The van der Waals surface area contributed by atoms with Crippen molar-refractivity contribution in [2.75, 3.05) is 0 Å². The van der Waals surface area contributed by atoms with Gasteiger partial charge in [-0.05, 0) is 0 Å². The van der Waals surface area contributed by atoms with Crippen LogP contribution in [-0.4, -0.2) is 33.5 Å². The van der Waals surface area contributed by atoms with E-state index >= 15 is 0 Å². The van der Waals surface area contributed by atoms with Crippen LogP contribution >= 0.6 is 0 Å². The Labute approximate surface area is 108 Å². The first kappa shape index (κ1) is 13.2. The highest BCUT2D eigenvalue weighted by molar-refractivity contribution is 6.69. The van der Waals surface area contributed by atoms with Gasteiger partial charge in [-0.1, -0.05) is 0 Å². The van der Waals surface area contributed by atoms with Gasteiger partial charge in [0.1, 0.15) is 0 Å². The predicted octanol–water partition coefficient (Wildman–Crippen LogP) is -3.25. The van der Waals surface area contributed by atoms with Crippen LogP contribution in [-0.2, 0) is 9.59 Å². The molecule has 1 saturated heterocycles. The molecule has 0 atom stereocenters. The van der Waals surface area contributed by atoms with Crippen molar-refractivity contribution in [3.63, 3.8) is 0 Å². The van der Waals surface area contributed by atoms with Gasteiger partial charge in [0.15, 0.2) is 11.4 Å². The molecule has 1 fully saturated rings. The van der Waals surface area contributed by atoms with Gasteiger partial charge in [0.2, 0.25) is 0 Å². The minimum Gasteiger partial charge on any atom is -0.390 e. The fourth-order valence-electron chi connectivity index (χ4n) is 1.32. The molecule has 1 aromatic heterocycles. The molecule has 4 amide bonds. The minimum atomic E-state index is -1.12. The summed E-state index contributed by atoms with van der Waals surface area (Å²) >= 11 is 0. The van der Waals surface area contributed by atoms with Crippen molar-refractivity contribution >= 4 is 29.2 Å². The molecule has 1 aliphatic rings. The van der Waals surface area contributed by atoms with E-state index in [2.05, 4.69) is 9.83 Å². The zero-order valence-corrected chi connectivity index (χ0v) is 9.47. The lowest BCUT2D eigenvalue weighted by atomic mass is 10.3. The van der Waals surface area contributed by atoms with Gasteiger partial charge in [-0.25, -0.2) is 14.6 Å². The van der Waals surface area contributed by atoms with Crippen LogP contribution in [0.3, 0.4) is 0 Å². The largest absolute Gasteiger partial charge is 0.390 e. The van der Waals surface area contributed by atoms with Crippen LogP contribution in [0.1, 0.15) is 0 Å². The lowest BCUT2D eigenvalue weighted by molar-refractivity contribution is -0.119. The summed E-state index contributed by atoms with van der Waals surface area (Å²) in [4.78, 5) is 67.7. The summed E-state index contributed by atoms with van der Waals surface area (Å²) in [6.45, 7) is 0. The minimum absolute atomic E-state index is 0.552. The number of H-pyrrole nitrogens is 2. The number of barbiturate groups is 1. The molecular formula is C8H6N6O6. The van der Waals surface area contributed by atoms with Crippen molar-refractivity contribution in [2.24, 2.45) is 10.9 Å². The van der Waals surface area contributed by atoms with Gasteiger partial charge in [0, 0.05) is 0 Å². The molecule has 12 heteroatoms. The number of aromatic amines is 2. The smallest absolute Gasteiger partial charge is 0.328 e. The van der Waals surface area contributed by atoms with Gasteiger partial charge in [0.05, 0.1) is 0 Å². The number of urea groups is 1. The second-order valence-corrected chi connectivity index (χ2v) is 3.40. The molecule has 1 aliphatic heterocycles. The van der Waals surface area contributed by atoms with Crippen LogP contribution in [0, 0.1) is 0 Å². The maximum Gasteiger partial charge on any atom is 0.328 e. The first-order valence-electron chi connectivity index (χ1n) is 4.91. The van der Waals surface area contributed by atoms with Gasteiger partial charge in [-0.2, -0.15) is 5.90 Å². The number of nitrogens with zero attached hydrogens (tertiary/aromatic N) is 1. The molecule has 0 saturated carbocycles. The summed E-state index contributed by atoms with van der Waals surface area (Å²) in [5.41, 5.74) is -3.35. The molecule has 0 aromatic carbocycles. The van der Waals surface area contributed by atoms with Gasteiger partial charge in [-0.15, -0.1) is 0 Å². The van der Waals surface area contributed by atoms with E-state index in [9.17, 15) is 24.0 Å². The molecule has 1 aromatic rings. The van der Waals surface area contributed by atoms with E-state index in [0.29, 0.717) is 0 Å². The predicted molar refractivity (Wildman–Crippen MR) is 61.3 cm³/mol. The number of imide groups is 2. The van der Waals surface area contributed by atoms with Gasteiger partial charge in [0.25, 0.3) is 23.3 Å². The number of amides is 4. The van der Waals surface area contributed by atoms with Crippen LogP contribution in [0.5, 0.6) is 5.88 Å². The monoisotopic (exact) mass is 282 g/mol. The van der Waals surface area contributed by atoms with Gasteiger partial charge in [-0.3, -0.25) is 35.0 Å². The Morgan fingerprint density at radius 3 is 2.10 bits per heavy atom. The normalized spacial score (nSPS) is 14.7. The molecule has 2 rings (SSSR count). The summed E-state index contributed by atoms with van der Waals surface area (Å²) < 4.78 is 0. The molecule has 20 heavy (non-hydrogen) atoms. The first-order chi connectivity index (χ1) is 9.42. The lowest BCUT2D eigenvalue weighted by Gasteiger charge is -2.12. The third kappa shape index (κ3) is 2.30. The SMILES string of the molecule is NOc1[nH]c(=O)[nH]c(=O)c1N=C1C(=O)NC(=O)NC1=O. The lowest BCUT2D eigenvalue weighted by Crippen LogP contribution is -2.56. The quantitative estimate of drug-likeness (QED) is 0.352. The highest BCUT2D eigenvalue weighted by Crippen LogP contribution is 2.17. The third-order valence-electron chi connectivity index (χ3n) is 2.11. The summed E-state index contributed by atoms with van der Waals surface area (Å²) in [5, 5.41) is 3.50. The van der Waals surface area contributed by atoms with Crippen LogP contribution in [0.15, 0.2) is 14.6 Å². The molecule has 0 bridgehead atoms. The van der Waals surface area contributed by atoms with Crippen molar-refractivity contribution in [1.29, 1.82) is 0 Å². The second kappa shape index (κ2) is 4.77. The van der Waals surface area contributed by atoms with Crippen molar-refractivity contribution in [2.45, 2.75) is 0 Å². The average molecular weight is 282 g/mol. The highest BCUT2D eigenvalue weighted by atomic mass is 16.6. The molecule has 104 valence electrons. The Bertz CT molecular complexity index is 735. The molecule has 12 nitrogen and oxygen atoms in total. The number of rotatable bonds is 2. The number of aromatic nitrogens is 2.